The number of imidazole rings is 1. The van der Waals surface area contributed by atoms with Gasteiger partial charge in [0.15, 0.2) is 0 Å². The molecule has 0 fully saturated rings. The molecule has 0 bridgehead atoms. The molecule has 0 spiro atoms. The smallest absolute Gasteiger partial charge is 0.238 e. The maximum absolute atomic E-state index is 12.5. The molecular weight excluding hydrogens is 383 g/mol. The van der Waals surface area contributed by atoms with Crippen molar-refractivity contribution in [1.29, 1.82) is 0 Å². The number of nitrogens with one attached hydrogen (secondary N) is 1. The molecule has 27 heavy (non-hydrogen) atoms. The maximum atomic E-state index is 12.5. The van der Waals surface area contributed by atoms with Gasteiger partial charge in [-0.15, -0.1) is 0 Å². The largest absolute Gasteiger partial charge is 0.324 e. The van der Waals surface area contributed by atoms with Gasteiger partial charge >= 0.3 is 0 Å². The average Bonchev–Trinajstić information content (AvgIpc) is 3.01. The van der Waals surface area contributed by atoms with Gasteiger partial charge in [0.2, 0.25) is 5.91 Å². The number of nitrogens with zero attached hydrogens (tertiary/aromatic N) is 3. The molecule has 1 amide bonds. The summed E-state index contributed by atoms with van der Waals surface area (Å²) in [5.41, 5.74) is 3.54. The van der Waals surface area contributed by atoms with Gasteiger partial charge in [0.1, 0.15) is 5.65 Å². The third-order valence-electron chi connectivity index (χ3n) is 4.24. The van der Waals surface area contributed by atoms with Gasteiger partial charge in [-0.2, -0.15) is 0 Å². The van der Waals surface area contributed by atoms with Crippen LogP contribution in [0.3, 0.4) is 0 Å². The van der Waals surface area contributed by atoms with Crippen molar-refractivity contribution >= 4 is 40.4 Å². The van der Waals surface area contributed by atoms with E-state index in [1.165, 1.54) is 0 Å². The lowest BCUT2D eigenvalue weighted by Crippen LogP contribution is -2.33. The number of aromatic nitrogens is 2. The number of carbonyl (C=O) groups is 1. The Hall–Kier alpha value is -2.08. The average molecular weight is 405 g/mol. The molecule has 0 aliphatic carbocycles. The summed E-state index contributed by atoms with van der Waals surface area (Å²) in [6.45, 7) is 5.81. The van der Waals surface area contributed by atoms with Crippen LogP contribution in [0.4, 0.5) is 5.69 Å². The highest BCUT2D eigenvalue weighted by Gasteiger charge is 2.14. The fourth-order valence-corrected chi connectivity index (χ4v) is 3.47. The predicted molar refractivity (Wildman–Crippen MR) is 111 cm³/mol. The Morgan fingerprint density at radius 3 is 2.78 bits per heavy atom. The molecular formula is C20H22Cl2N4O. The minimum Gasteiger partial charge on any atom is -0.324 e. The molecule has 0 aliphatic heterocycles. The van der Waals surface area contributed by atoms with E-state index in [9.17, 15) is 4.79 Å². The molecule has 142 valence electrons. The van der Waals surface area contributed by atoms with E-state index in [2.05, 4.69) is 26.5 Å². The van der Waals surface area contributed by atoms with E-state index in [0.717, 1.165) is 30.0 Å². The van der Waals surface area contributed by atoms with Gasteiger partial charge in [0, 0.05) is 23.5 Å². The van der Waals surface area contributed by atoms with Gasteiger partial charge in [0.05, 0.1) is 22.9 Å². The number of amides is 1. The van der Waals surface area contributed by atoms with Gasteiger partial charge in [0.25, 0.3) is 0 Å². The van der Waals surface area contributed by atoms with E-state index >= 15 is 0 Å². The lowest BCUT2D eigenvalue weighted by molar-refractivity contribution is -0.117. The Bertz CT molecular complexity index is 954. The third-order valence-corrected chi connectivity index (χ3v) is 4.79. The van der Waals surface area contributed by atoms with Crippen molar-refractivity contribution in [3.05, 3.63) is 64.0 Å². The number of hydrogen-bond donors (Lipinski definition) is 1. The highest BCUT2D eigenvalue weighted by Crippen LogP contribution is 2.25. The van der Waals surface area contributed by atoms with Gasteiger partial charge in [-0.1, -0.05) is 36.2 Å². The Morgan fingerprint density at radius 1 is 1.26 bits per heavy atom. The highest BCUT2D eigenvalue weighted by molar-refractivity contribution is 6.36. The summed E-state index contributed by atoms with van der Waals surface area (Å²) in [7, 11) is 0. The van der Waals surface area contributed by atoms with Crippen LogP contribution in [-0.4, -0.2) is 33.3 Å². The monoisotopic (exact) mass is 404 g/mol. The molecule has 3 aromatic rings. The first-order chi connectivity index (χ1) is 13.0. The molecule has 0 saturated carbocycles. The molecule has 3 rings (SSSR count). The van der Waals surface area contributed by atoms with Crippen LogP contribution in [0.2, 0.25) is 10.0 Å². The second kappa shape index (κ2) is 8.74. The minimum atomic E-state index is -0.118. The standard InChI is InChI=1S/C20H22Cl2N4O/c1-3-9-25(11-16-12-26-14(2)5-4-6-19(26)23-16)13-20(27)24-18-8-7-15(21)10-17(18)22/h4-8,10,12H,3,9,11,13H2,1-2H3,(H,24,27). The normalized spacial score (nSPS) is 11.3. The van der Waals surface area contributed by atoms with Gasteiger partial charge in [-0.05, 0) is 50.2 Å². The number of rotatable bonds is 7. The van der Waals surface area contributed by atoms with Crippen molar-refractivity contribution < 1.29 is 4.79 Å². The van der Waals surface area contributed by atoms with E-state index < -0.39 is 0 Å². The van der Waals surface area contributed by atoms with Crippen LogP contribution < -0.4 is 5.32 Å². The van der Waals surface area contributed by atoms with Crippen LogP contribution in [0.15, 0.2) is 42.6 Å². The number of benzene rings is 1. The summed E-state index contributed by atoms with van der Waals surface area (Å²) in [6.07, 6.45) is 2.97. The van der Waals surface area contributed by atoms with E-state index in [-0.39, 0.29) is 12.5 Å². The van der Waals surface area contributed by atoms with Gasteiger partial charge < -0.3 is 9.72 Å². The fourth-order valence-electron chi connectivity index (χ4n) is 3.02. The van der Waals surface area contributed by atoms with Crippen LogP contribution in [0.5, 0.6) is 0 Å². The zero-order valence-electron chi connectivity index (χ0n) is 15.4. The van der Waals surface area contributed by atoms with Crippen molar-refractivity contribution in [2.75, 3.05) is 18.4 Å². The second-order valence-corrected chi connectivity index (χ2v) is 7.35. The number of aryl methyl sites for hydroxylation is 1. The summed E-state index contributed by atoms with van der Waals surface area (Å²) >= 11 is 12.0. The Labute approximate surface area is 168 Å². The molecule has 2 heterocycles. The molecule has 2 aromatic heterocycles. The topological polar surface area (TPSA) is 49.6 Å². The number of fused-ring (bicyclic) bond motifs is 1. The summed E-state index contributed by atoms with van der Waals surface area (Å²) in [5.74, 6) is -0.118. The molecule has 0 radical (unpaired) electrons. The Kier molecular flexibility index (Phi) is 6.37. The lowest BCUT2D eigenvalue weighted by Gasteiger charge is -2.20. The van der Waals surface area contributed by atoms with E-state index in [1.807, 2.05) is 31.3 Å². The molecule has 0 atom stereocenters. The van der Waals surface area contributed by atoms with Crippen molar-refractivity contribution in [2.45, 2.75) is 26.8 Å². The molecule has 0 unspecified atom stereocenters. The van der Waals surface area contributed by atoms with Crippen molar-refractivity contribution in [1.82, 2.24) is 14.3 Å². The minimum absolute atomic E-state index is 0.118. The molecule has 5 nitrogen and oxygen atoms in total. The van der Waals surface area contributed by atoms with Crippen molar-refractivity contribution in [3.63, 3.8) is 0 Å². The van der Waals surface area contributed by atoms with E-state index in [0.29, 0.717) is 22.3 Å². The first kappa shape index (κ1) is 19.7. The van der Waals surface area contributed by atoms with E-state index in [4.69, 9.17) is 23.2 Å². The number of pyridine rings is 1. The summed E-state index contributed by atoms with van der Waals surface area (Å²) in [6, 6.07) is 11.0. The molecule has 0 saturated heterocycles. The zero-order chi connectivity index (χ0) is 19.4. The Morgan fingerprint density at radius 2 is 2.07 bits per heavy atom. The summed E-state index contributed by atoms with van der Waals surface area (Å²) in [5, 5.41) is 3.81. The zero-order valence-corrected chi connectivity index (χ0v) is 16.9. The predicted octanol–water partition coefficient (Wildman–Crippen LogP) is 4.80. The number of halogens is 2. The van der Waals surface area contributed by atoms with Crippen LogP contribution in [0, 0.1) is 6.92 Å². The van der Waals surface area contributed by atoms with Crippen LogP contribution >= 0.6 is 23.2 Å². The molecule has 0 aliphatic rings. The van der Waals surface area contributed by atoms with Crippen LogP contribution in [-0.2, 0) is 11.3 Å². The first-order valence-electron chi connectivity index (χ1n) is 8.87. The maximum Gasteiger partial charge on any atom is 0.238 e. The van der Waals surface area contributed by atoms with Gasteiger partial charge in [-0.3, -0.25) is 9.69 Å². The fraction of sp³-hybridized carbons (Fsp3) is 0.300. The van der Waals surface area contributed by atoms with Crippen LogP contribution in [0.25, 0.3) is 5.65 Å². The number of carbonyl (C=O) groups excluding carboxylic acids is 1. The lowest BCUT2D eigenvalue weighted by atomic mass is 10.3. The van der Waals surface area contributed by atoms with Crippen molar-refractivity contribution in [2.24, 2.45) is 0 Å². The SMILES string of the molecule is CCCN(CC(=O)Nc1ccc(Cl)cc1Cl)Cc1cn2c(C)cccc2n1. The van der Waals surface area contributed by atoms with Crippen LogP contribution in [0.1, 0.15) is 24.7 Å². The quantitative estimate of drug-likeness (QED) is 0.614. The molecule has 7 heteroatoms. The third kappa shape index (κ3) is 5.01. The van der Waals surface area contributed by atoms with Gasteiger partial charge in [-0.25, -0.2) is 4.98 Å². The Balaban J connectivity index is 1.69. The summed E-state index contributed by atoms with van der Waals surface area (Å²) in [4.78, 5) is 19.2. The number of hydrogen-bond acceptors (Lipinski definition) is 3. The summed E-state index contributed by atoms with van der Waals surface area (Å²) < 4.78 is 2.06. The second-order valence-electron chi connectivity index (χ2n) is 6.51. The van der Waals surface area contributed by atoms with E-state index in [1.54, 1.807) is 18.2 Å². The highest BCUT2D eigenvalue weighted by atomic mass is 35.5. The molecule has 1 N–H and O–H groups in total. The number of anilines is 1. The molecule has 1 aromatic carbocycles. The first-order valence-corrected chi connectivity index (χ1v) is 9.62. The van der Waals surface area contributed by atoms with Crippen molar-refractivity contribution in [3.8, 4) is 0 Å².